The maximum atomic E-state index is 13.0. The Morgan fingerprint density at radius 3 is 1.44 bits per heavy atom. The summed E-state index contributed by atoms with van der Waals surface area (Å²) in [4.78, 5) is 86.1. The molecule has 17 atom stereocenters. The van der Waals surface area contributed by atoms with Crippen molar-refractivity contribution >= 4 is 43.3 Å². The Labute approximate surface area is 610 Å². The van der Waals surface area contributed by atoms with E-state index in [2.05, 4.69) is 54.1 Å². The monoisotopic (exact) mass is 1500 g/mol. The number of unbranched alkanes of at least 4 members (excludes halogenated alkanes) is 24. The summed E-state index contributed by atoms with van der Waals surface area (Å²) >= 11 is 0. The zero-order valence-electron chi connectivity index (χ0n) is 61.9. The van der Waals surface area contributed by atoms with Crippen LogP contribution in [0.2, 0.25) is 0 Å². The number of allylic oxidation sites excluding steroid dienone is 4. The second-order valence-electron chi connectivity index (χ2n) is 27.3. The van der Waals surface area contributed by atoms with Gasteiger partial charge >= 0.3 is 19.8 Å². The quantitative estimate of drug-likeness (QED) is 0.0129. The van der Waals surface area contributed by atoms with Crippen molar-refractivity contribution in [1.29, 1.82) is 0 Å². The molecular weight excluding hydrogens is 1370 g/mol. The molecule has 12 N–H and O–H groups in total. The smallest absolute Gasteiger partial charge is 0.462 e. The summed E-state index contributed by atoms with van der Waals surface area (Å²) in [5, 5.41) is 93.4. The number of ketones is 1. The Bertz CT molecular complexity index is 2410. The van der Waals surface area contributed by atoms with Crippen LogP contribution < -0.4 is 16.0 Å². The number of aliphatic hydroxyl groups is 8. The van der Waals surface area contributed by atoms with Crippen molar-refractivity contribution < 1.29 is 126 Å². The molecule has 29 nitrogen and oxygen atoms in total. The van der Waals surface area contributed by atoms with E-state index in [1.165, 1.54) is 77.0 Å². The Hall–Kier alpha value is -3.95. The van der Waals surface area contributed by atoms with Gasteiger partial charge in [-0.3, -0.25) is 37.8 Å². The van der Waals surface area contributed by atoms with E-state index in [4.69, 9.17) is 46.9 Å². The fourth-order valence-corrected chi connectivity index (χ4v) is 13.0. The van der Waals surface area contributed by atoms with E-state index in [9.17, 15) is 79.1 Å². The van der Waals surface area contributed by atoms with Crippen LogP contribution in [0.25, 0.3) is 0 Å². The molecule has 0 radical (unpaired) electrons. The van der Waals surface area contributed by atoms with Crippen LogP contribution in [0.3, 0.4) is 0 Å². The van der Waals surface area contributed by atoms with Crippen LogP contribution >= 0.6 is 7.82 Å². The average molecular weight is 1500 g/mol. The molecule has 0 aromatic carbocycles. The van der Waals surface area contributed by atoms with Crippen molar-refractivity contribution in [2.45, 2.75) is 351 Å². The maximum absolute atomic E-state index is 13.0. The van der Waals surface area contributed by atoms with Gasteiger partial charge < -0.3 is 99.6 Å². The third kappa shape index (κ3) is 40.2. The SMILES string of the molecule is CCCCCCCC/C=C\CCCCCCCC(=O)OCC(COP(=O)(O)OCCNC(=O)CCCCC(=O)CCCCO[C@@H]1OC(CO)[C@@H](O[C@@H]2OC(CO)[C@H](O)[C@H](O[C@H]3OC(CO)[C@H](O)[C@H](O)C3NC(C)=O)C2O)[C@H](O)C1NC(C)=O)OC(=O)CCCCCCC/C=C\CCCCCCCC. The van der Waals surface area contributed by atoms with Crippen molar-refractivity contribution in [2.24, 2.45) is 0 Å². The van der Waals surface area contributed by atoms with Gasteiger partial charge in [0.2, 0.25) is 17.7 Å². The third-order valence-corrected chi connectivity index (χ3v) is 19.2. The van der Waals surface area contributed by atoms with Gasteiger partial charge in [0, 0.05) is 59.1 Å². The number of aliphatic hydroxyl groups excluding tert-OH is 8. The zero-order chi connectivity index (χ0) is 75.6. The van der Waals surface area contributed by atoms with Gasteiger partial charge in [-0.15, -0.1) is 0 Å². The normalized spacial score (nSPS) is 26.0. The average Bonchev–Trinajstić information content (AvgIpc) is 0.778. The molecule has 3 aliphatic rings. The number of ether oxygens (including phenoxy) is 8. The Balaban J connectivity index is 1.39. The molecule has 3 heterocycles. The number of carbonyl (C=O) groups is 6. The minimum absolute atomic E-state index is 0.0404. The van der Waals surface area contributed by atoms with Crippen LogP contribution in [0.5, 0.6) is 0 Å². The molecule has 3 aliphatic heterocycles. The van der Waals surface area contributed by atoms with Crippen LogP contribution in [-0.2, 0) is 80.3 Å². The molecule has 0 bridgehead atoms. The maximum Gasteiger partial charge on any atom is 0.472 e. The van der Waals surface area contributed by atoms with Crippen LogP contribution in [0.1, 0.15) is 252 Å². The van der Waals surface area contributed by atoms with E-state index in [0.29, 0.717) is 38.5 Å². The zero-order valence-corrected chi connectivity index (χ0v) is 62.8. The van der Waals surface area contributed by atoms with Crippen LogP contribution in [-0.4, -0.2) is 232 Å². The summed E-state index contributed by atoms with van der Waals surface area (Å²) in [6.07, 6.45) is 17.2. The van der Waals surface area contributed by atoms with Gasteiger partial charge in [-0.1, -0.05) is 141 Å². The molecular formula is C73H130N3O26P. The van der Waals surface area contributed by atoms with E-state index < -0.39 is 169 Å². The van der Waals surface area contributed by atoms with Crippen molar-refractivity contribution in [3.63, 3.8) is 0 Å². The number of nitrogens with one attached hydrogen (secondary N) is 3. The van der Waals surface area contributed by atoms with Gasteiger partial charge in [-0.05, 0) is 89.9 Å². The highest BCUT2D eigenvalue weighted by atomic mass is 31.2. The number of esters is 2. The van der Waals surface area contributed by atoms with Gasteiger partial charge in [0.05, 0.1) is 33.0 Å². The Morgan fingerprint density at radius 1 is 0.456 bits per heavy atom. The number of rotatable bonds is 60. The first-order valence-electron chi connectivity index (χ1n) is 38.3. The minimum atomic E-state index is -4.73. The van der Waals surface area contributed by atoms with Crippen molar-refractivity contribution in [3.05, 3.63) is 24.3 Å². The van der Waals surface area contributed by atoms with Gasteiger partial charge in [0.15, 0.2) is 25.0 Å². The van der Waals surface area contributed by atoms with Crippen LogP contribution in [0.15, 0.2) is 24.3 Å². The lowest BCUT2D eigenvalue weighted by atomic mass is 9.94. The first-order chi connectivity index (χ1) is 49.6. The first-order valence-corrected chi connectivity index (χ1v) is 39.8. The molecule has 103 heavy (non-hydrogen) atoms. The number of phosphoric acid groups is 1. The topological polar surface area (TPSA) is 430 Å². The number of hydrogen-bond donors (Lipinski definition) is 12. The highest BCUT2D eigenvalue weighted by molar-refractivity contribution is 7.47. The molecule has 30 heteroatoms. The summed E-state index contributed by atoms with van der Waals surface area (Å²) in [5.41, 5.74) is 0. The molecule has 0 aromatic rings. The number of Topliss-reactive ketones (excluding diaryl/α,β-unsaturated/α-hetero) is 1. The third-order valence-electron chi connectivity index (χ3n) is 18.2. The van der Waals surface area contributed by atoms with E-state index in [1.54, 1.807) is 0 Å². The van der Waals surface area contributed by atoms with Crippen molar-refractivity contribution in [3.8, 4) is 0 Å². The van der Waals surface area contributed by atoms with E-state index >= 15 is 0 Å². The molecule has 0 spiro atoms. The second-order valence-corrected chi connectivity index (χ2v) is 28.7. The number of carbonyl (C=O) groups excluding carboxylic acids is 6. The largest absolute Gasteiger partial charge is 0.472 e. The van der Waals surface area contributed by atoms with Gasteiger partial charge in [0.1, 0.15) is 85.5 Å². The second kappa shape index (κ2) is 56.3. The van der Waals surface area contributed by atoms with Gasteiger partial charge in [-0.2, -0.15) is 0 Å². The molecule has 0 saturated carbocycles. The van der Waals surface area contributed by atoms with E-state index in [1.807, 2.05) is 0 Å². The summed E-state index contributed by atoms with van der Waals surface area (Å²) in [6, 6.07) is -2.85. The first kappa shape index (κ1) is 93.3. The van der Waals surface area contributed by atoms with Crippen LogP contribution in [0.4, 0.5) is 0 Å². The predicted octanol–water partition coefficient (Wildman–Crippen LogP) is 6.82. The van der Waals surface area contributed by atoms with Gasteiger partial charge in [-0.25, -0.2) is 4.57 Å². The van der Waals surface area contributed by atoms with Crippen LogP contribution in [0, 0.1) is 0 Å². The lowest BCUT2D eigenvalue weighted by Gasteiger charge is -2.49. The molecule has 8 unspecified atom stereocenters. The summed E-state index contributed by atoms with van der Waals surface area (Å²) in [6.45, 7) is 2.66. The molecule has 3 saturated heterocycles. The highest BCUT2D eigenvalue weighted by Crippen LogP contribution is 2.43. The molecule has 3 amide bonds. The van der Waals surface area contributed by atoms with Crippen molar-refractivity contribution in [1.82, 2.24) is 16.0 Å². The Morgan fingerprint density at radius 2 is 0.903 bits per heavy atom. The number of phosphoric ester groups is 1. The van der Waals surface area contributed by atoms with Crippen molar-refractivity contribution in [2.75, 3.05) is 52.8 Å². The Kier molecular flexibility index (Phi) is 51.0. The van der Waals surface area contributed by atoms with Gasteiger partial charge in [0.25, 0.3) is 0 Å². The lowest BCUT2D eigenvalue weighted by Crippen LogP contribution is -2.69. The predicted molar refractivity (Wildman–Crippen MR) is 380 cm³/mol. The summed E-state index contributed by atoms with van der Waals surface area (Å²) < 4.78 is 69.2. The van der Waals surface area contributed by atoms with E-state index in [-0.39, 0.29) is 57.6 Å². The number of hydrogen-bond acceptors (Lipinski definition) is 25. The highest BCUT2D eigenvalue weighted by Gasteiger charge is 2.54. The number of amides is 3. The summed E-state index contributed by atoms with van der Waals surface area (Å²) in [5.74, 6) is -2.82. The standard InChI is InChI=1S/C73H130N3O26P/c1-5-7-9-11-13-15-17-19-21-23-25-27-29-31-33-42-60(84)94-50-55(97-61(85)43-34-32-30-28-26-24-22-20-18-16-14-12-10-8-6-2)51-96-103(91,92)95-46-44-74-59(83)41-36-35-39-54(82)40-37-38-45-93-71-63(76-53(4)81)67(89)69(58(49-79)100-71)101-73-68(90)70(65(87)57(48-78)99-73)102-72-62(75-52(3)80)66(88)64(86)56(47-77)98-72/h19-22,55-58,62-73,77-79,86-90H,5-18,23-51H2,1-4H3,(H,74,83)(H,75,80)(H,76,81)(H,91,92)/b21-19-,22-20-/t55?,56?,57?,58?,62?,63?,64-,65-,66+,67+,68?,69+,70-,71+,72+,73-/m0/s1. The summed E-state index contributed by atoms with van der Waals surface area (Å²) in [7, 11) is -4.73. The molecule has 598 valence electrons. The van der Waals surface area contributed by atoms with E-state index in [0.717, 1.165) is 90.9 Å². The lowest BCUT2D eigenvalue weighted by molar-refractivity contribution is -0.369. The molecule has 0 aliphatic carbocycles. The fraction of sp³-hybridized carbons (Fsp3) is 0.863. The minimum Gasteiger partial charge on any atom is -0.462 e. The fourth-order valence-electron chi connectivity index (χ4n) is 12.3. The molecule has 3 fully saturated rings. The molecule has 0 aromatic heterocycles. The molecule has 3 rings (SSSR count).